The molecule has 2 aromatic rings. The standard InChI is InChI=1S/C15H18N4O/c1-10-8-12(6-7-17-10)18-15(20)11-4-5-14(19(2)3)13(16)9-11/h4-9H,16H2,1-3H3,(H,17,18,20). The molecule has 3 N–H and O–H groups in total. The smallest absolute Gasteiger partial charge is 0.255 e. The molecule has 0 saturated carbocycles. The summed E-state index contributed by atoms with van der Waals surface area (Å²) < 4.78 is 0. The Kier molecular flexibility index (Phi) is 3.89. The number of hydrogen-bond acceptors (Lipinski definition) is 4. The van der Waals surface area contributed by atoms with E-state index in [0.29, 0.717) is 11.3 Å². The molecule has 0 aliphatic carbocycles. The van der Waals surface area contributed by atoms with Crippen molar-refractivity contribution in [2.45, 2.75) is 6.92 Å². The van der Waals surface area contributed by atoms with Crippen LogP contribution in [0, 0.1) is 6.92 Å². The van der Waals surface area contributed by atoms with Crippen molar-refractivity contribution < 1.29 is 4.79 Å². The quantitative estimate of drug-likeness (QED) is 0.839. The molecule has 2 rings (SSSR count). The van der Waals surface area contributed by atoms with Gasteiger partial charge in [-0.05, 0) is 37.3 Å². The summed E-state index contributed by atoms with van der Waals surface area (Å²) in [6.45, 7) is 1.87. The molecule has 0 aliphatic rings. The highest BCUT2D eigenvalue weighted by molar-refractivity contribution is 6.05. The minimum atomic E-state index is -0.187. The summed E-state index contributed by atoms with van der Waals surface area (Å²) >= 11 is 0. The summed E-state index contributed by atoms with van der Waals surface area (Å²) in [6, 6.07) is 8.84. The van der Waals surface area contributed by atoms with Crippen LogP contribution >= 0.6 is 0 Å². The number of nitrogen functional groups attached to an aromatic ring is 1. The first kappa shape index (κ1) is 13.9. The molecular formula is C15H18N4O. The summed E-state index contributed by atoms with van der Waals surface area (Å²) in [5, 5.41) is 2.83. The fraction of sp³-hybridized carbons (Fsp3) is 0.200. The van der Waals surface area contributed by atoms with Gasteiger partial charge in [0, 0.05) is 37.2 Å². The first-order valence-electron chi connectivity index (χ1n) is 6.28. The molecule has 1 amide bonds. The van der Waals surface area contributed by atoms with E-state index in [9.17, 15) is 4.79 Å². The van der Waals surface area contributed by atoms with Gasteiger partial charge in [0.15, 0.2) is 0 Å². The number of nitrogens with two attached hydrogens (primary N) is 1. The van der Waals surface area contributed by atoms with E-state index in [1.807, 2.05) is 38.1 Å². The third kappa shape index (κ3) is 3.06. The van der Waals surface area contributed by atoms with Crippen molar-refractivity contribution in [3.8, 4) is 0 Å². The molecule has 1 aromatic carbocycles. The van der Waals surface area contributed by atoms with Crippen molar-refractivity contribution in [2.24, 2.45) is 0 Å². The minimum absolute atomic E-state index is 0.187. The predicted octanol–water partition coefficient (Wildman–Crippen LogP) is 2.29. The van der Waals surface area contributed by atoms with E-state index in [4.69, 9.17) is 5.73 Å². The van der Waals surface area contributed by atoms with Gasteiger partial charge in [-0.1, -0.05) is 0 Å². The second-order valence-corrected chi connectivity index (χ2v) is 4.81. The van der Waals surface area contributed by atoms with Crippen LogP contribution in [-0.2, 0) is 0 Å². The van der Waals surface area contributed by atoms with Crippen LogP contribution in [0.2, 0.25) is 0 Å². The molecule has 5 nitrogen and oxygen atoms in total. The molecule has 20 heavy (non-hydrogen) atoms. The molecule has 1 aromatic heterocycles. The lowest BCUT2D eigenvalue weighted by Crippen LogP contribution is -2.15. The molecule has 104 valence electrons. The number of hydrogen-bond donors (Lipinski definition) is 2. The fourth-order valence-corrected chi connectivity index (χ4v) is 1.93. The highest BCUT2D eigenvalue weighted by Gasteiger charge is 2.09. The highest BCUT2D eigenvalue weighted by Crippen LogP contribution is 2.22. The zero-order valence-corrected chi connectivity index (χ0v) is 11.8. The van der Waals surface area contributed by atoms with Crippen LogP contribution in [0.15, 0.2) is 36.5 Å². The fourth-order valence-electron chi connectivity index (χ4n) is 1.93. The van der Waals surface area contributed by atoms with Crippen LogP contribution in [0.1, 0.15) is 16.1 Å². The first-order chi connectivity index (χ1) is 9.47. The van der Waals surface area contributed by atoms with Crippen LogP contribution in [-0.4, -0.2) is 25.0 Å². The molecule has 0 spiro atoms. The average Bonchev–Trinajstić information content (AvgIpc) is 2.38. The normalized spacial score (nSPS) is 10.2. The maximum absolute atomic E-state index is 12.2. The molecule has 0 saturated heterocycles. The predicted molar refractivity (Wildman–Crippen MR) is 82.1 cm³/mol. The molecule has 0 fully saturated rings. The minimum Gasteiger partial charge on any atom is -0.397 e. The third-order valence-corrected chi connectivity index (χ3v) is 2.93. The van der Waals surface area contributed by atoms with Gasteiger partial charge in [0.1, 0.15) is 0 Å². The molecular weight excluding hydrogens is 252 g/mol. The van der Waals surface area contributed by atoms with E-state index in [2.05, 4.69) is 10.3 Å². The second-order valence-electron chi connectivity index (χ2n) is 4.81. The number of nitrogens with zero attached hydrogens (tertiary/aromatic N) is 2. The number of rotatable bonds is 3. The van der Waals surface area contributed by atoms with Gasteiger partial charge in [-0.15, -0.1) is 0 Å². The zero-order valence-electron chi connectivity index (χ0n) is 11.8. The number of pyridine rings is 1. The van der Waals surface area contributed by atoms with Gasteiger partial charge in [-0.25, -0.2) is 0 Å². The van der Waals surface area contributed by atoms with E-state index >= 15 is 0 Å². The van der Waals surface area contributed by atoms with Crippen molar-refractivity contribution in [1.82, 2.24) is 4.98 Å². The van der Waals surface area contributed by atoms with Gasteiger partial charge >= 0.3 is 0 Å². The lowest BCUT2D eigenvalue weighted by molar-refractivity contribution is 0.102. The zero-order chi connectivity index (χ0) is 14.7. The second kappa shape index (κ2) is 5.61. The number of carbonyl (C=O) groups is 1. The summed E-state index contributed by atoms with van der Waals surface area (Å²) in [4.78, 5) is 18.2. The van der Waals surface area contributed by atoms with Crippen LogP contribution in [0.5, 0.6) is 0 Å². The monoisotopic (exact) mass is 270 g/mol. The van der Waals surface area contributed by atoms with Gasteiger partial charge in [0.2, 0.25) is 0 Å². The van der Waals surface area contributed by atoms with Crippen molar-refractivity contribution in [3.05, 3.63) is 47.8 Å². The number of anilines is 3. The Morgan fingerprint density at radius 3 is 2.60 bits per heavy atom. The Labute approximate surface area is 118 Å². The average molecular weight is 270 g/mol. The summed E-state index contributed by atoms with van der Waals surface area (Å²) in [7, 11) is 3.82. The van der Waals surface area contributed by atoms with Gasteiger partial charge in [0.25, 0.3) is 5.91 Å². The topological polar surface area (TPSA) is 71.2 Å². The molecule has 5 heteroatoms. The summed E-state index contributed by atoms with van der Waals surface area (Å²) in [6.07, 6.45) is 1.66. The van der Waals surface area contributed by atoms with E-state index in [0.717, 1.165) is 17.1 Å². The number of aryl methyl sites for hydroxylation is 1. The molecule has 0 atom stereocenters. The van der Waals surface area contributed by atoms with Crippen LogP contribution in [0.3, 0.4) is 0 Å². The van der Waals surface area contributed by atoms with Crippen molar-refractivity contribution >= 4 is 23.0 Å². The summed E-state index contributed by atoms with van der Waals surface area (Å²) in [5.41, 5.74) is 9.52. The number of amides is 1. The van der Waals surface area contributed by atoms with Crippen molar-refractivity contribution in [2.75, 3.05) is 30.0 Å². The SMILES string of the molecule is Cc1cc(NC(=O)c2ccc(N(C)C)c(N)c2)ccn1. The number of carbonyl (C=O) groups excluding carboxylic acids is 1. The Morgan fingerprint density at radius 1 is 1.25 bits per heavy atom. The molecule has 0 unspecified atom stereocenters. The number of aromatic nitrogens is 1. The Bertz CT molecular complexity index is 638. The van der Waals surface area contributed by atoms with Gasteiger partial charge in [0.05, 0.1) is 11.4 Å². The summed E-state index contributed by atoms with van der Waals surface area (Å²) in [5.74, 6) is -0.187. The van der Waals surface area contributed by atoms with E-state index < -0.39 is 0 Å². The Balaban J connectivity index is 2.19. The lowest BCUT2D eigenvalue weighted by atomic mass is 10.1. The number of benzene rings is 1. The maximum Gasteiger partial charge on any atom is 0.255 e. The van der Waals surface area contributed by atoms with E-state index in [1.165, 1.54) is 0 Å². The largest absolute Gasteiger partial charge is 0.397 e. The van der Waals surface area contributed by atoms with E-state index in [-0.39, 0.29) is 5.91 Å². The molecule has 0 aliphatic heterocycles. The van der Waals surface area contributed by atoms with Crippen molar-refractivity contribution in [1.29, 1.82) is 0 Å². The third-order valence-electron chi connectivity index (χ3n) is 2.93. The number of nitrogens with one attached hydrogen (secondary N) is 1. The van der Waals surface area contributed by atoms with Crippen molar-refractivity contribution in [3.63, 3.8) is 0 Å². The highest BCUT2D eigenvalue weighted by atomic mass is 16.1. The Hall–Kier alpha value is -2.56. The molecule has 0 bridgehead atoms. The van der Waals surface area contributed by atoms with Crippen LogP contribution in [0.25, 0.3) is 0 Å². The van der Waals surface area contributed by atoms with Crippen LogP contribution < -0.4 is 16.0 Å². The van der Waals surface area contributed by atoms with Crippen LogP contribution in [0.4, 0.5) is 17.1 Å². The Morgan fingerprint density at radius 2 is 2.00 bits per heavy atom. The van der Waals surface area contributed by atoms with E-state index in [1.54, 1.807) is 24.4 Å². The molecule has 0 radical (unpaired) electrons. The van der Waals surface area contributed by atoms with Gasteiger partial charge < -0.3 is 16.0 Å². The maximum atomic E-state index is 12.2. The first-order valence-corrected chi connectivity index (χ1v) is 6.28. The lowest BCUT2D eigenvalue weighted by Gasteiger charge is -2.16. The molecule has 1 heterocycles. The van der Waals surface area contributed by atoms with Gasteiger partial charge in [-0.3, -0.25) is 9.78 Å². The van der Waals surface area contributed by atoms with Gasteiger partial charge in [-0.2, -0.15) is 0 Å².